The first-order valence-corrected chi connectivity index (χ1v) is 7.21. The molecule has 0 aromatic heterocycles. The molecule has 0 spiro atoms. The van der Waals surface area contributed by atoms with Crippen molar-refractivity contribution in [3.8, 4) is 0 Å². The fourth-order valence-corrected chi connectivity index (χ4v) is 2.37. The molecule has 1 atom stereocenters. The summed E-state index contributed by atoms with van der Waals surface area (Å²) in [6.45, 7) is 2.10. The quantitative estimate of drug-likeness (QED) is 0.825. The van der Waals surface area contributed by atoms with Crippen molar-refractivity contribution < 1.29 is 0 Å². The maximum atomic E-state index is 6.04. The van der Waals surface area contributed by atoms with Gasteiger partial charge in [0.05, 0.1) is 6.04 Å². The van der Waals surface area contributed by atoms with Gasteiger partial charge in [0.15, 0.2) is 5.11 Å². The molecule has 2 aromatic carbocycles. The van der Waals surface area contributed by atoms with Crippen LogP contribution < -0.4 is 5.32 Å². The summed E-state index contributed by atoms with van der Waals surface area (Å²) in [5, 5.41) is 4.66. The first-order valence-electron chi connectivity index (χ1n) is 6.42. The van der Waals surface area contributed by atoms with Crippen molar-refractivity contribution in [1.82, 2.24) is 4.90 Å². The second-order valence-electron chi connectivity index (χ2n) is 4.64. The van der Waals surface area contributed by atoms with Gasteiger partial charge >= 0.3 is 0 Å². The van der Waals surface area contributed by atoms with E-state index in [1.54, 1.807) is 0 Å². The molecule has 0 amide bonds. The summed E-state index contributed by atoms with van der Waals surface area (Å²) < 4.78 is 0. The Morgan fingerprint density at radius 3 is 2.50 bits per heavy atom. The number of anilines is 1. The van der Waals surface area contributed by atoms with Crippen LogP contribution in [-0.4, -0.2) is 17.1 Å². The van der Waals surface area contributed by atoms with E-state index < -0.39 is 0 Å². The van der Waals surface area contributed by atoms with Crippen LogP contribution in [0.2, 0.25) is 5.02 Å². The lowest BCUT2D eigenvalue weighted by molar-refractivity contribution is 0.408. The van der Waals surface area contributed by atoms with Crippen molar-refractivity contribution in [2.45, 2.75) is 13.0 Å². The Kier molecular flexibility index (Phi) is 4.99. The molecule has 4 heteroatoms. The molecule has 2 nitrogen and oxygen atoms in total. The summed E-state index contributed by atoms with van der Waals surface area (Å²) in [6, 6.07) is 17.9. The van der Waals surface area contributed by atoms with Gasteiger partial charge in [-0.25, -0.2) is 0 Å². The molecule has 1 N–H and O–H groups in total. The lowest BCUT2D eigenvalue weighted by atomic mass is 10.1. The van der Waals surface area contributed by atoms with Gasteiger partial charge in [0.25, 0.3) is 0 Å². The average molecular weight is 305 g/mol. The number of halogens is 1. The number of nitrogens with one attached hydrogen (secondary N) is 1. The predicted molar refractivity (Wildman–Crippen MR) is 90.3 cm³/mol. The molecule has 0 saturated heterocycles. The van der Waals surface area contributed by atoms with Crippen LogP contribution in [0.25, 0.3) is 0 Å². The smallest absolute Gasteiger partial charge is 0.173 e. The zero-order valence-electron chi connectivity index (χ0n) is 11.5. The highest BCUT2D eigenvalue weighted by molar-refractivity contribution is 7.80. The molecule has 0 saturated carbocycles. The monoisotopic (exact) mass is 304 g/mol. The minimum Gasteiger partial charge on any atom is -0.345 e. The minimum absolute atomic E-state index is 0.150. The molecule has 0 aliphatic carbocycles. The van der Waals surface area contributed by atoms with Crippen molar-refractivity contribution in [2.24, 2.45) is 0 Å². The number of hydrogen-bond acceptors (Lipinski definition) is 1. The Bertz CT molecular complexity index is 586. The highest BCUT2D eigenvalue weighted by Crippen LogP contribution is 2.22. The number of para-hydroxylation sites is 1. The Labute approximate surface area is 130 Å². The van der Waals surface area contributed by atoms with Crippen molar-refractivity contribution in [3.05, 3.63) is 65.2 Å². The Morgan fingerprint density at radius 1 is 1.15 bits per heavy atom. The predicted octanol–water partition coefficient (Wildman–Crippen LogP) is 4.73. The normalized spacial score (nSPS) is 11.8. The number of nitrogens with zero attached hydrogens (tertiary/aromatic N) is 1. The molecule has 20 heavy (non-hydrogen) atoms. The van der Waals surface area contributed by atoms with Crippen molar-refractivity contribution in [1.29, 1.82) is 0 Å². The summed E-state index contributed by atoms with van der Waals surface area (Å²) in [4.78, 5) is 2.02. The number of benzene rings is 2. The van der Waals surface area contributed by atoms with E-state index in [0.717, 1.165) is 16.3 Å². The molecule has 0 aliphatic heterocycles. The van der Waals surface area contributed by atoms with E-state index in [9.17, 15) is 0 Å². The van der Waals surface area contributed by atoms with E-state index in [0.29, 0.717) is 5.11 Å². The second kappa shape index (κ2) is 6.73. The van der Waals surface area contributed by atoms with Gasteiger partial charge in [-0.1, -0.05) is 41.9 Å². The number of thiocarbonyl (C=S) groups is 1. The van der Waals surface area contributed by atoms with E-state index in [-0.39, 0.29) is 6.04 Å². The third kappa shape index (κ3) is 3.71. The molecule has 1 unspecified atom stereocenters. The summed E-state index contributed by atoms with van der Waals surface area (Å²) in [5.41, 5.74) is 2.12. The van der Waals surface area contributed by atoms with Crippen LogP contribution in [0.4, 0.5) is 5.69 Å². The van der Waals surface area contributed by atoms with E-state index in [1.165, 1.54) is 0 Å². The van der Waals surface area contributed by atoms with Crippen LogP contribution in [0, 0.1) is 0 Å². The first kappa shape index (κ1) is 14.8. The van der Waals surface area contributed by atoms with Gasteiger partial charge in [0.2, 0.25) is 0 Å². The molecule has 104 valence electrons. The molecular weight excluding hydrogens is 288 g/mol. The highest BCUT2D eigenvalue weighted by Gasteiger charge is 2.14. The fraction of sp³-hybridized carbons (Fsp3) is 0.188. The Balaban J connectivity index is 2.06. The van der Waals surface area contributed by atoms with E-state index in [2.05, 4.69) is 18.3 Å². The zero-order chi connectivity index (χ0) is 14.5. The summed E-state index contributed by atoms with van der Waals surface area (Å²) in [7, 11) is 1.98. The largest absolute Gasteiger partial charge is 0.345 e. The van der Waals surface area contributed by atoms with Gasteiger partial charge in [0.1, 0.15) is 0 Å². The van der Waals surface area contributed by atoms with Crippen molar-refractivity contribution >= 4 is 34.6 Å². The molecule has 0 heterocycles. The van der Waals surface area contributed by atoms with Crippen LogP contribution >= 0.6 is 23.8 Å². The summed E-state index contributed by atoms with van der Waals surface area (Å²) in [5.74, 6) is 0. The topological polar surface area (TPSA) is 15.3 Å². The minimum atomic E-state index is 0.150. The van der Waals surface area contributed by atoms with Gasteiger partial charge < -0.3 is 10.2 Å². The molecular formula is C16H17ClN2S. The van der Waals surface area contributed by atoms with Gasteiger partial charge in [-0.3, -0.25) is 0 Å². The summed E-state index contributed by atoms with van der Waals surface area (Å²) >= 11 is 11.5. The maximum Gasteiger partial charge on any atom is 0.173 e. The van der Waals surface area contributed by atoms with Crippen LogP contribution in [0.1, 0.15) is 18.5 Å². The van der Waals surface area contributed by atoms with E-state index in [1.807, 2.05) is 60.5 Å². The fourth-order valence-electron chi connectivity index (χ4n) is 1.90. The van der Waals surface area contributed by atoms with E-state index in [4.69, 9.17) is 23.8 Å². The summed E-state index contributed by atoms with van der Waals surface area (Å²) in [6.07, 6.45) is 0. The third-order valence-corrected chi connectivity index (χ3v) is 3.88. The average Bonchev–Trinajstić information content (AvgIpc) is 2.46. The number of rotatable bonds is 3. The number of hydrogen-bond donors (Lipinski definition) is 1. The van der Waals surface area contributed by atoms with Crippen molar-refractivity contribution in [3.63, 3.8) is 0 Å². The van der Waals surface area contributed by atoms with E-state index >= 15 is 0 Å². The van der Waals surface area contributed by atoms with Crippen molar-refractivity contribution in [2.75, 3.05) is 12.4 Å². The first-order chi connectivity index (χ1) is 9.58. The lowest BCUT2D eigenvalue weighted by Crippen LogP contribution is -2.33. The SMILES string of the molecule is CC(c1cccc(Cl)c1)N(C)C(=S)Nc1ccccc1. The van der Waals surface area contributed by atoms with Gasteiger partial charge in [0, 0.05) is 17.8 Å². The van der Waals surface area contributed by atoms with Crippen LogP contribution in [0.15, 0.2) is 54.6 Å². The van der Waals surface area contributed by atoms with Crippen LogP contribution in [0.3, 0.4) is 0 Å². The molecule has 0 radical (unpaired) electrons. The lowest BCUT2D eigenvalue weighted by Gasteiger charge is -2.28. The molecule has 2 aromatic rings. The molecule has 2 rings (SSSR count). The van der Waals surface area contributed by atoms with Gasteiger partial charge in [-0.15, -0.1) is 0 Å². The Morgan fingerprint density at radius 2 is 1.85 bits per heavy atom. The molecule has 0 bridgehead atoms. The second-order valence-corrected chi connectivity index (χ2v) is 5.46. The van der Waals surface area contributed by atoms with Crippen LogP contribution in [-0.2, 0) is 0 Å². The standard InChI is InChI=1S/C16H17ClN2S/c1-12(13-7-6-8-14(17)11-13)19(2)16(20)18-15-9-4-3-5-10-15/h3-12H,1-2H3,(H,18,20). The van der Waals surface area contributed by atoms with Gasteiger partial charge in [-0.2, -0.15) is 0 Å². The third-order valence-electron chi connectivity index (χ3n) is 3.26. The van der Waals surface area contributed by atoms with Gasteiger partial charge in [-0.05, 0) is 49.0 Å². The Hall–Kier alpha value is -1.58. The molecule has 0 aliphatic rings. The molecule has 0 fully saturated rings. The highest BCUT2D eigenvalue weighted by atomic mass is 35.5. The van der Waals surface area contributed by atoms with Crippen LogP contribution in [0.5, 0.6) is 0 Å². The maximum absolute atomic E-state index is 6.04. The zero-order valence-corrected chi connectivity index (χ0v) is 13.1.